The summed E-state index contributed by atoms with van der Waals surface area (Å²) >= 11 is 0. The lowest BCUT2D eigenvalue weighted by Crippen LogP contribution is -2.43. The summed E-state index contributed by atoms with van der Waals surface area (Å²) < 4.78 is 5.44. The summed E-state index contributed by atoms with van der Waals surface area (Å²) in [5.41, 5.74) is 7.50. The molecule has 0 saturated heterocycles. The quantitative estimate of drug-likeness (QED) is 0.850. The highest BCUT2D eigenvalue weighted by molar-refractivity contribution is 5.92. The lowest BCUT2D eigenvalue weighted by Gasteiger charge is -2.34. The molecule has 0 aliphatic heterocycles. The molecule has 23 heavy (non-hydrogen) atoms. The van der Waals surface area contributed by atoms with E-state index in [2.05, 4.69) is 24.1 Å². The van der Waals surface area contributed by atoms with Crippen molar-refractivity contribution in [2.24, 2.45) is 11.8 Å². The Labute approximate surface area is 136 Å². The van der Waals surface area contributed by atoms with Gasteiger partial charge in [-0.05, 0) is 30.4 Å². The van der Waals surface area contributed by atoms with Gasteiger partial charge in [-0.1, -0.05) is 38.8 Å². The zero-order valence-electron chi connectivity index (χ0n) is 13.6. The third kappa shape index (κ3) is 3.23. The average molecular weight is 313 g/mol. The SMILES string of the molecule is CC1CCCC(NC(=O)c2coc(-c3ccccc3N)n2)C1C. The lowest BCUT2D eigenvalue weighted by molar-refractivity contribution is 0.0886. The fourth-order valence-electron chi connectivity index (χ4n) is 3.22. The Balaban J connectivity index is 1.73. The van der Waals surface area contributed by atoms with Crippen molar-refractivity contribution in [2.75, 3.05) is 5.73 Å². The molecule has 3 unspecified atom stereocenters. The first-order valence-electron chi connectivity index (χ1n) is 8.17. The Morgan fingerprint density at radius 1 is 1.30 bits per heavy atom. The number of hydrogen-bond donors (Lipinski definition) is 2. The first-order valence-corrected chi connectivity index (χ1v) is 8.17. The van der Waals surface area contributed by atoms with Crippen LogP contribution in [0.4, 0.5) is 5.69 Å². The van der Waals surface area contributed by atoms with Crippen molar-refractivity contribution < 1.29 is 9.21 Å². The zero-order valence-corrected chi connectivity index (χ0v) is 13.6. The van der Waals surface area contributed by atoms with Crippen molar-refractivity contribution in [3.8, 4) is 11.5 Å². The van der Waals surface area contributed by atoms with Crippen molar-refractivity contribution in [3.05, 3.63) is 36.2 Å². The van der Waals surface area contributed by atoms with Crippen LogP contribution in [0.2, 0.25) is 0 Å². The second kappa shape index (κ2) is 6.44. The first-order chi connectivity index (χ1) is 11.1. The van der Waals surface area contributed by atoms with Gasteiger partial charge in [-0.2, -0.15) is 0 Å². The number of rotatable bonds is 3. The molecule has 0 bridgehead atoms. The van der Waals surface area contributed by atoms with Gasteiger partial charge in [-0.15, -0.1) is 0 Å². The van der Waals surface area contributed by atoms with Crippen molar-refractivity contribution in [3.63, 3.8) is 0 Å². The van der Waals surface area contributed by atoms with Crippen molar-refractivity contribution in [1.29, 1.82) is 0 Å². The minimum Gasteiger partial charge on any atom is -0.444 e. The van der Waals surface area contributed by atoms with Crippen LogP contribution in [0.3, 0.4) is 0 Å². The van der Waals surface area contributed by atoms with Gasteiger partial charge in [0.25, 0.3) is 5.91 Å². The van der Waals surface area contributed by atoms with Crippen LogP contribution in [0.5, 0.6) is 0 Å². The third-order valence-corrected chi connectivity index (χ3v) is 4.95. The number of para-hydroxylation sites is 1. The maximum absolute atomic E-state index is 12.4. The van der Waals surface area contributed by atoms with Gasteiger partial charge >= 0.3 is 0 Å². The Morgan fingerprint density at radius 2 is 2.09 bits per heavy atom. The average Bonchev–Trinajstić information content (AvgIpc) is 3.02. The summed E-state index contributed by atoms with van der Waals surface area (Å²) in [6, 6.07) is 7.52. The second-order valence-corrected chi connectivity index (χ2v) is 6.47. The van der Waals surface area contributed by atoms with Crippen LogP contribution in [0, 0.1) is 11.8 Å². The van der Waals surface area contributed by atoms with E-state index in [1.807, 2.05) is 18.2 Å². The van der Waals surface area contributed by atoms with E-state index in [0.717, 1.165) is 12.8 Å². The van der Waals surface area contributed by atoms with Gasteiger partial charge in [-0.3, -0.25) is 4.79 Å². The van der Waals surface area contributed by atoms with Crippen molar-refractivity contribution in [2.45, 2.75) is 39.2 Å². The molecule has 5 heteroatoms. The van der Waals surface area contributed by atoms with Gasteiger partial charge in [0.15, 0.2) is 5.69 Å². The van der Waals surface area contributed by atoms with Crippen molar-refractivity contribution >= 4 is 11.6 Å². The lowest BCUT2D eigenvalue weighted by atomic mass is 9.78. The molecular formula is C18H23N3O2. The number of amides is 1. The topological polar surface area (TPSA) is 81.2 Å². The minimum atomic E-state index is -0.180. The van der Waals surface area contributed by atoms with Gasteiger partial charge in [-0.25, -0.2) is 4.98 Å². The maximum atomic E-state index is 12.4. The first kappa shape index (κ1) is 15.6. The van der Waals surface area contributed by atoms with E-state index in [-0.39, 0.29) is 11.9 Å². The number of benzene rings is 1. The third-order valence-electron chi connectivity index (χ3n) is 4.95. The van der Waals surface area contributed by atoms with Crippen LogP contribution >= 0.6 is 0 Å². The molecule has 3 atom stereocenters. The summed E-state index contributed by atoms with van der Waals surface area (Å²) in [5, 5.41) is 3.10. The largest absolute Gasteiger partial charge is 0.444 e. The van der Waals surface area contributed by atoms with Crippen molar-refractivity contribution in [1.82, 2.24) is 10.3 Å². The highest BCUT2D eigenvalue weighted by Crippen LogP contribution is 2.30. The monoisotopic (exact) mass is 313 g/mol. The Morgan fingerprint density at radius 3 is 2.87 bits per heavy atom. The van der Waals surface area contributed by atoms with E-state index in [1.54, 1.807) is 6.07 Å². The molecule has 1 aromatic carbocycles. The predicted octanol–water partition coefficient (Wildman–Crippen LogP) is 3.48. The number of nitrogens with zero attached hydrogens (tertiary/aromatic N) is 1. The van der Waals surface area contributed by atoms with Gasteiger partial charge in [0.1, 0.15) is 6.26 Å². The standard InChI is InChI=1S/C18H23N3O2/c1-11-6-5-9-15(12(11)2)20-17(22)16-10-23-18(21-16)13-7-3-4-8-14(13)19/h3-4,7-8,10-12,15H,5-6,9,19H2,1-2H3,(H,20,22). The summed E-state index contributed by atoms with van der Waals surface area (Å²) in [7, 11) is 0. The molecule has 2 aromatic rings. The molecule has 1 aliphatic rings. The van der Waals surface area contributed by atoms with E-state index < -0.39 is 0 Å². The maximum Gasteiger partial charge on any atom is 0.273 e. The Kier molecular flexibility index (Phi) is 4.37. The van der Waals surface area contributed by atoms with Crippen LogP contribution in [0.1, 0.15) is 43.6 Å². The number of anilines is 1. The number of nitrogens with two attached hydrogens (primary N) is 1. The van der Waals surface area contributed by atoms with Gasteiger partial charge < -0.3 is 15.5 Å². The Bertz CT molecular complexity index is 695. The number of hydrogen-bond acceptors (Lipinski definition) is 4. The second-order valence-electron chi connectivity index (χ2n) is 6.47. The van der Waals surface area contributed by atoms with E-state index in [1.165, 1.54) is 12.7 Å². The van der Waals surface area contributed by atoms with E-state index in [9.17, 15) is 4.79 Å². The van der Waals surface area contributed by atoms with Crippen LogP contribution in [-0.2, 0) is 0 Å². The van der Waals surface area contributed by atoms with Gasteiger partial charge in [0.2, 0.25) is 5.89 Å². The molecule has 3 rings (SSSR count). The van der Waals surface area contributed by atoms with Gasteiger partial charge in [0, 0.05) is 11.7 Å². The van der Waals surface area contributed by atoms with Crippen LogP contribution < -0.4 is 11.1 Å². The fraction of sp³-hybridized carbons (Fsp3) is 0.444. The highest BCUT2D eigenvalue weighted by Gasteiger charge is 2.29. The molecule has 1 aliphatic carbocycles. The molecule has 5 nitrogen and oxygen atoms in total. The molecule has 0 spiro atoms. The summed E-state index contributed by atoms with van der Waals surface area (Å²) in [5.74, 6) is 1.30. The summed E-state index contributed by atoms with van der Waals surface area (Å²) in [6.07, 6.45) is 4.80. The number of oxazole rings is 1. The summed E-state index contributed by atoms with van der Waals surface area (Å²) in [4.78, 5) is 16.7. The molecule has 1 saturated carbocycles. The number of nitrogens with one attached hydrogen (secondary N) is 1. The molecule has 1 amide bonds. The molecule has 1 fully saturated rings. The molecule has 1 aromatic heterocycles. The van der Waals surface area contributed by atoms with E-state index in [4.69, 9.17) is 10.2 Å². The van der Waals surface area contributed by atoms with Gasteiger partial charge in [0.05, 0.1) is 5.56 Å². The molecule has 122 valence electrons. The van der Waals surface area contributed by atoms with E-state index in [0.29, 0.717) is 34.7 Å². The number of carbonyl (C=O) groups is 1. The minimum absolute atomic E-state index is 0.180. The van der Waals surface area contributed by atoms with Crippen LogP contribution in [0.15, 0.2) is 34.9 Å². The number of nitrogen functional groups attached to an aromatic ring is 1. The molecule has 3 N–H and O–H groups in total. The van der Waals surface area contributed by atoms with E-state index >= 15 is 0 Å². The number of carbonyl (C=O) groups excluding carboxylic acids is 1. The number of aromatic nitrogens is 1. The Hall–Kier alpha value is -2.30. The highest BCUT2D eigenvalue weighted by atomic mass is 16.3. The molecule has 1 heterocycles. The molecule has 0 radical (unpaired) electrons. The fourth-order valence-corrected chi connectivity index (χ4v) is 3.22. The molecular weight excluding hydrogens is 290 g/mol. The van der Waals surface area contributed by atoms with Crippen LogP contribution in [0.25, 0.3) is 11.5 Å². The smallest absolute Gasteiger partial charge is 0.273 e. The predicted molar refractivity (Wildman–Crippen MR) is 89.8 cm³/mol. The normalized spacial score (nSPS) is 24.3. The van der Waals surface area contributed by atoms with Crippen LogP contribution in [-0.4, -0.2) is 16.9 Å². The summed E-state index contributed by atoms with van der Waals surface area (Å²) in [6.45, 7) is 4.45. The zero-order chi connectivity index (χ0) is 16.4.